The summed E-state index contributed by atoms with van der Waals surface area (Å²) in [4.78, 5) is 0.0612. The Morgan fingerprint density at radius 2 is 1.62 bits per heavy atom. The Morgan fingerprint density at radius 3 is 2.21 bits per heavy atom. The van der Waals surface area contributed by atoms with Crippen molar-refractivity contribution in [1.82, 2.24) is 9.62 Å². The highest BCUT2D eigenvalue weighted by molar-refractivity contribution is 7.89. The van der Waals surface area contributed by atoms with Gasteiger partial charge in [-0.15, -0.1) is 0 Å². The van der Waals surface area contributed by atoms with Gasteiger partial charge in [-0.1, -0.05) is 0 Å². The van der Waals surface area contributed by atoms with Gasteiger partial charge in [0.05, 0.1) is 21.3 Å². The third kappa shape index (κ3) is 3.05. The van der Waals surface area contributed by atoms with E-state index in [4.69, 9.17) is 14.2 Å². The van der Waals surface area contributed by atoms with Gasteiger partial charge in [0.25, 0.3) is 10.0 Å². The molecule has 0 spiro atoms. The fourth-order valence-corrected chi connectivity index (χ4v) is 5.26. The van der Waals surface area contributed by atoms with Crippen LogP contribution < -0.4 is 19.5 Å². The largest absolute Gasteiger partial charge is 0.496 e. The standard InChI is InChI=1S/C16H24N2O5S/c1-21-13-8-14(22-2)16(15(9-13)23-3)24(19,20)18-7-6-11-4-5-12(10-18)17-11/h8-9,11-12,17H,4-7,10H2,1-3H3. The molecule has 1 aromatic rings. The number of nitrogens with zero attached hydrogens (tertiary/aromatic N) is 1. The summed E-state index contributed by atoms with van der Waals surface area (Å²) < 4.78 is 43.9. The van der Waals surface area contributed by atoms with Crippen LogP contribution in [0.25, 0.3) is 0 Å². The van der Waals surface area contributed by atoms with Crippen molar-refractivity contribution < 1.29 is 22.6 Å². The van der Waals surface area contributed by atoms with E-state index in [2.05, 4.69) is 5.32 Å². The highest BCUT2D eigenvalue weighted by atomic mass is 32.2. The molecular weight excluding hydrogens is 332 g/mol. The van der Waals surface area contributed by atoms with E-state index in [0.717, 1.165) is 19.3 Å². The van der Waals surface area contributed by atoms with Crippen molar-refractivity contribution in [2.24, 2.45) is 0 Å². The van der Waals surface area contributed by atoms with Crippen molar-refractivity contribution in [3.63, 3.8) is 0 Å². The van der Waals surface area contributed by atoms with Crippen molar-refractivity contribution >= 4 is 10.0 Å². The second-order valence-corrected chi connectivity index (χ2v) is 8.03. The Morgan fingerprint density at radius 1 is 1.00 bits per heavy atom. The lowest BCUT2D eigenvalue weighted by atomic mass is 10.1. The normalized spacial score (nSPS) is 24.5. The molecule has 2 heterocycles. The molecular formula is C16H24N2O5S. The number of ether oxygens (including phenoxy) is 3. The fourth-order valence-electron chi connectivity index (χ4n) is 3.49. The van der Waals surface area contributed by atoms with Gasteiger partial charge in [-0.25, -0.2) is 8.42 Å². The van der Waals surface area contributed by atoms with Gasteiger partial charge in [-0.3, -0.25) is 0 Å². The van der Waals surface area contributed by atoms with Gasteiger partial charge < -0.3 is 19.5 Å². The molecule has 2 bridgehead atoms. The predicted molar refractivity (Wildman–Crippen MR) is 89.4 cm³/mol. The number of fused-ring (bicyclic) bond motifs is 2. The van der Waals surface area contributed by atoms with Crippen molar-refractivity contribution in [3.8, 4) is 17.2 Å². The summed E-state index contributed by atoms with van der Waals surface area (Å²) in [6.45, 7) is 0.964. The zero-order valence-electron chi connectivity index (χ0n) is 14.2. The van der Waals surface area contributed by atoms with Crippen molar-refractivity contribution in [2.75, 3.05) is 34.4 Å². The van der Waals surface area contributed by atoms with Crippen LogP contribution in [0.1, 0.15) is 19.3 Å². The molecule has 0 amide bonds. The number of hydrogen-bond donors (Lipinski definition) is 1. The minimum atomic E-state index is -3.73. The smallest absolute Gasteiger partial charge is 0.250 e. The van der Waals surface area contributed by atoms with Gasteiger partial charge in [0.2, 0.25) is 0 Å². The van der Waals surface area contributed by atoms with Crippen LogP contribution in [0.3, 0.4) is 0 Å². The highest BCUT2D eigenvalue weighted by Gasteiger charge is 2.38. The van der Waals surface area contributed by atoms with Crippen LogP contribution in [0.2, 0.25) is 0 Å². The van der Waals surface area contributed by atoms with Gasteiger partial charge in [0.1, 0.15) is 17.2 Å². The first-order valence-corrected chi connectivity index (χ1v) is 9.49. The molecule has 134 valence electrons. The molecule has 0 saturated carbocycles. The number of methoxy groups -OCH3 is 3. The lowest BCUT2D eigenvalue weighted by Gasteiger charge is -2.25. The monoisotopic (exact) mass is 356 g/mol. The van der Waals surface area contributed by atoms with Crippen LogP contribution >= 0.6 is 0 Å². The van der Waals surface area contributed by atoms with Crippen LogP contribution in [0.5, 0.6) is 17.2 Å². The van der Waals surface area contributed by atoms with E-state index >= 15 is 0 Å². The molecule has 1 aromatic carbocycles. The number of nitrogens with one attached hydrogen (secondary N) is 1. The zero-order valence-corrected chi connectivity index (χ0v) is 15.1. The molecule has 0 radical (unpaired) electrons. The van der Waals surface area contributed by atoms with E-state index in [0.29, 0.717) is 24.9 Å². The Hall–Kier alpha value is -1.51. The molecule has 2 saturated heterocycles. The maximum atomic E-state index is 13.3. The second-order valence-electron chi connectivity index (χ2n) is 6.15. The summed E-state index contributed by atoms with van der Waals surface area (Å²) in [5.74, 6) is 0.946. The SMILES string of the molecule is COc1cc(OC)c(S(=O)(=O)N2CCC3CCC(C2)N3)c(OC)c1. The molecule has 1 N–H and O–H groups in total. The van der Waals surface area contributed by atoms with Crippen molar-refractivity contribution in [1.29, 1.82) is 0 Å². The molecule has 8 heteroatoms. The fraction of sp³-hybridized carbons (Fsp3) is 0.625. The molecule has 2 aliphatic heterocycles. The molecule has 2 fully saturated rings. The van der Waals surface area contributed by atoms with Crippen LogP contribution in [-0.2, 0) is 10.0 Å². The van der Waals surface area contributed by atoms with E-state index in [-0.39, 0.29) is 22.4 Å². The number of benzene rings is 1. The van der Waals surface area contributed by atoms with Gasteiger partial charge in [-0.2, -0.15) is 4.31 Å². The second kappa shape index (κ2) is 6.78. The number of rotatable bonds is 5. The Kier molecular flexibility index (Phi) is 4.89. The van der Waals surface area contributed by atoms with E-state index in [1.54, 1.807) is 12.1 Å². The minimum Gasteiger partial charge on any atom is -0.496 e. The first-order chi connectivity index (χ1) is 11.5. The molecule has 24 heavy (non-hydrogen) atoms. The Labute approximate surface area is 142 Å². The summed E-state index contributed by atoms with van der Waals surface area (Å²) in [5, 5.41) is 3.49. The van der Waals surface area contributed by atoms with E-state index in [9.17, 15) is 8.42 Å². The first kappa shape index (κ1) is 17.3. The minimum absolute atomic E-state index is 0.0612. The zero-order chi connectivity index (χ0) is 17.3. The Bertz CT molecular complexity index is 681. The molecule has 2 atom stereocenters. The van der Waals surface area contributed by atoms with Crippen LogP contribution in [0.4, 0.5) is 0 Å². The lowest BCUT2D eigenvalue weighted by molar-refractivity contribution is 0.348. The van der Waals surface area contributed by atoms with Gasteiger partial charge in [0.15, 0.2) is 4.90 Å². The van der Waals surface area contributed by atoms with E-state index in [1.807, 2.05) is 0 Å². The third-order valence-corrected chi connectivity index (χ3v) is 6.68. The number of hydrogen-bond acceptors (Lipinski definition) is 6. The van der Waals surface area contributed by atoms with Crippen molar-refractivity contribution in [3.05, 3.63) is 12.1 Å². The average Bonchev–Trinajstić information content (AvgIpc) is 2.91. The quantitative estimate of drug-likeness (QED) is 0.855. The van der Waals surface area contributed by atoms with Gasteiger partial charge in [-0.05, 0) is 19.3 Å². The summed E-state index contributed by atoms with van der Waals surface area (Å²) in [7, 11) is 0.670. The summed E-state index contributed by atoms with van der Waals surface area (Å²) in [6, 6.07) is 3.76. The maximum Gasteiger partial charge on any atom is 0.250 e. The predicted octanol–water partition coefficient (Wildman–Crippen LogP) is 1.23. The van der Waals surface area contributed by atoms with Crippen LogP contribution in [0.15, 0.2) is 17.0 Å². The van der Waals surface area contributed by atoms with E-state index < -0.39 is 10.0 Å². The molecule has 7 nitrogen and oxygen atoms in total. The Balaban J connectivity index is 2.02. The molecule has 2 aliphatic rings. The number of sulfonamides is 1. The third-order valence-electron chi connectivity index (χ3n) is 4.75. The molecule has 0 aromatic heterocycles. The average molecular weight is 356 g/mol. The first-order valence-electron chi connectivity index (χ1n) is 8.05. The maximum absolute atomic E-state index is 13.3. The van der Waals surface area contributed by atoms with E-state index in [1.165, 1.54) is 25.6 Å². The van der Waals surface area contributed by atoms with Crippen molar-refractivity contribution in [2.45, 2.75) is 36.2 Å². The highest BCUT2D eigenvalue weighted by Crippen LogP contribution is 2.40. The van der Waals surface area contributed by atoms with Crippen LogP contribution in [0, 0.1) is 0 Å². The lowest BCUT2D eigenvalue weighted by Crippen LogP contribution is -2.39. The summed E-state index contributed by atoms with van der Waals surface area (Å²) >= 11 is 0. The van der Waals surface area contributed by atoms with Crippen LogP contribution in [-0.4, -0.2) is 59.2 Å². The topological polar surface area (TPSA) is 77.1 Å². The summed E-state index contributed by atoms with van der Waals surface area (Å²) in [5.41, 5.74) is 0. The van der Waals surface area contributed by atoms with Gasteiger partial charge >= 0.3 is 0 Å². The summed E-state index contributed by atoms with van der Waals surface area (Å²) in [6.07, 6.45) is 2.94. The molecule has 0 aliphatic carbocycles. The molecule has 2 unspecified atom stereocenters. The molecule has 3 rings (SSSR count). The van der Waals surface area contributed by atoms with Gasteiger partial charge in [0, 0.05) is 37.3 Å².